The van der Waals surface area contributed by atoms with E-state index in [0.717, 1.165) is 10.4 Å². The molecule has 0 saturated carbocycles. The molecule has 0 spiro atoms. The van der Waals surface area contributed by atoms with Crippen LogP contribution in [0.5, 0.6) is 0 Å². The molecular weight excluding hydrogens is 300 g/mol. The third-order valence-corrected chi connectivity index (χ3v) is 7.83. The lowest BCUT2D eigenvalue weighted by atomic mass is 10.0. The van der Waals surface area contributed by atoms with Crippen LogP contribution >= 0.6 is 0 Å². The van der Waals surface area contributed by atoms with Crippen LogP contribution in [0.25, 0.3) is 0 Å². The lowest BCUT2D eigenvalue weighted by Gasteiger charge is -2.28. The third-order valence-electron chi connectivity index (χ3n) is 4.49. The minimum absolute atomic E-state index is 0.524. The van der Waals surface area contributed by atoms with Crippen LogP contribution in [-0.4, -0.2) is 22.8 Å². The van der Waals surface area contributed by atoms with Crippen molar-refractivity contribution in [1.82, 2.24) is 0 Å². The van der Waals surface area contributed by atoms with E-state index in [2.05, 4.69) is 76.2 Å². The largest absolute Gasteiger partial charge is 0.406 e. The first-order chi connectivity index (χ1) is 10.9. The Kier molecular flexibility index (Phi) is 5.79. The smallest absolute Gasteiger partial charge is 0.391 e. The second-order valence-electron chi connectivity index (χ2n) is 6.58. The predicted molar refractivity (Wildman–Crippen MR) is 100 cm³/mol. The van der Waals surface area contributed by atoms with Gasteiger partial charge in [0.25, 0.3) is 0 Å². The Balaban J connectivity index is 2.45. The van der Waals surface area contributed by atoms with E-state index in [1.807, 2.05) is 0 Å². The maximum absolute atomic E-state index is 5.98. The Bertz CT molecular complexity index is 558. The highest BCUT2D eigenvalue weighted by molar-refractivity contribution is 6.92. The molecule has 0 aliphatic heterocycles. The van der Waals surface area contributed by atoms with Crippen molar-refractivity contribution in [2.45, 2.75) is 39.5 Å². The maximum Gasteiger partial charge on any atom is 0.406 e. The number of benzene rings is 2. The average Bonchev–Trinajstić information content (AvgIpc) is 2.57. The van der Waals surface area contributed by atoms with Gasteiger partial charge in [0.1, 0.15) is 0 Å². The average molecular weight is 329 g/mol. The van der Waals surface area contributed by atoms with E-state index in [9.17, 15) is 0 Å². The normalized spacial score (nSPS) is 12.2. The molecule has 0 aromatic heterocycles. The zero-order valence-corrected chi connectivity index (χ0v) is 16.1. The van der Waals surface area contributed by atoms with E-state index < -0.39 is 8.56 Å². The first kappa shape index (κ1) is 17.9. The summed E-state index contributed by atoms with van der Waals surface area (Å²) in [6.07, 6.45) is 0. The fourth-order valence-electron chi connectivity index (χ4n) is 2.90. The van der Waals surface area contributed by atoms with Gasteiger partial charge in [-0.3, -0.25) is 0 Å². The number of hydrogen-bond donors (Lipinski definition) is 0. The Morgan fingerprint density at radius 3 is 1.13 bits per heavy atom. The molecule has 0 amide bonds. The van der Waals surface area contributed by atoms with Gasteiger partial charge in [-0.25, -0.2) is 0 Å². The van der Waals surface area contributed by atoms with E-state index in [-0.39, 0.29) is 0 Å². The van der Waals surface area contributed by atoms with Crippen LogP contribution in [0, 0.1) is 0 Å². The van der Waals surface area contributed by atoms with Gasteiger partial charge in [0.2, 0.25) is 0 Å². The molecule has 124 valence electrons. The molecule has 0 bridgehead atoms. The van der Waals surface area contributed by atoms with Gasteiger partial charge in [-0.15, -0.1) is 0 Å². The second kappa shape index (κ2) is 7.43. The maximum atomic E-state index is 5.98. The first-order valence-electron chi connectivity index (χ1n) is 8.25. The summed E-state index contributed by atoms with van der Waals surface area (Å²) < 4.78 is 12.0. The summed E-state index contributed by atoms with van der Waals surface area (Å²) >= 11 is 0. The van der Waals surface area contributed by atoms with Gasteiger partial charge in [-0.1, -0.05) is 76.2 Å². The van der Waals surface area contributed by atoms with E-state index in [0.29, 0.717) is 11.8 Å². The Hall–Kier alpha value is -1.42. The Labute approximate surface area is 141 Å². The van der Waals surface area contributed by atoms with Crippen molar-refractivity contribution >= 4 is 18.9 Å². The van der Waals surface area contributed by atoms with Crippen molar-refractivity contribution in [3.05, 3.63) is 59.7 Å². The van der Waals surface area contributed by atoms with Crippen molar-refractivity contribution in [3.63, 3.8) is 0 Å². The van der Waals surface area contributed by atoms with Gasteiger partial charge in [0.15, 0.2) is 0 Å². The molecule has 0 fully saturated rings. The van der Waals surface area contributed by atoms with Crippen molar-refractivity contribution < 1.29 is 8.85 Å². The van der Waals surface area contributed by atoms with Crippen molar-refractivity contribution in [2.75, 3.05) is 14.2 Å². The second-order valence-corrected chi connectivity index (χ2v) is 9.78. The van der Waals surface area contributed by atoms with E-state index in [4.69, 9.17) is 8.85 Å². The lowest BCUT2D eigenvalue weighted by Crippen LogP contribution is -2.62. The Morgan fingerprint density at radius 1 is 0.609 bits per heavy atom. The van der Waals surface area contributed by atoms with Crippen LogP contribution in [0.15, 0.2) is 48.5 Å². The van der Waals surface area contributed by atoms with Crippen LogP contribution in [0.4, 0.5) is 0 Å². The van der Waals surface area contributed by atoms with Gasteiger partial charge < -0.3 is 8.85 Å². The standard InChI is InChI=1S/C20H28O2Si/c1-15(2)17-7-11-19(12-8-17)23(21-5,22-6)20-13-9-18(10-14-20)16(3)4/h7-16H,1-6H3. The van der Waals surface area contributed by atoms with Gasteiger partial charge in [-0.2, -0.15) is 0 Å². The van der Waals surface area contributed by atoms with Crippen molar-refractivity contribution in [2.24, 2.45) is 0 Å². The van der Waals surface area contributed by atoms with Crippen molar-refractivity contribution in [3.8, 4) is 0 Å². The summed E-state index contributed by atoms with van der Waals surface area (Å²) in [4.78, 5) is 0. The van der Waals surface area contributed by atoms with E-state index in [1.54, 1.807) is 14.2 Å². The fourth-order valence-corrected chi connectivity index (χ4v) is 5.55. The molecule has 2 nitrogen and oxygen atoms in total. The molecule has 0 N–H and O–H groups in total. The molecule has 0 atom stereocenters. The summed E-state index contributed by atoms with van der Waals surface area (Å²) in [6.45, 7) is 8.82. The highest BCUT2D eigenvalue weighted by Crippen LogP contribution is 2.16. The quantitative estimate of drug-likeness (QED) is 0.751. The number of rotatable bonds is 6. The molecule has 23 heavy (non-hydrogen) atoms. The van der Waals surface area contributed by atoms with Crippen LogP contribution in [-0.2, 0) is 8.85 Å². The number of hydrogen-bond acceptors (Lipinski definition) is 2. The zero-order chi connectivity index (χ0) is 17.0. The van der Waals surface area contributed by atoms with E-state index >= 15 is 0 Å². The summed E-state index contributed by atoms with van der Waals surface area (Å²) in [5.41, 5.74) is 2.66. The fraction of sp³-hybridized carbons (Fsp3) is 0.400. The first-order valence-corrected chi connectivity index (χ1v) is 10.1. The predicted octanol–water partition coefficient (Wildman–Crippen LogP) is 3.78. The molecule has 0 radical (unpaired) electrons. The molecule has 2 rings (SSSR count). The lowest BCUT2D eigenvalue weighted by molar-refractivity contribution is 0.272. The highest BCUT2D eigenvalue weighted by atomic mass is 28.4. The van der Waals surface area contributed by atoms with Gasteiger partial charge in [0, 0.05) is 14.2 Å². The van der Waals surface area contributed by atoms with Gasteiger partial charge >= 0.3 is 8.56 Å². The summed E-state index contributed by atoms with van der Waals surface area (Å²) in [5.74, 6) is 1.05. The highest BCUT2D eigenvalue weighted by Gasteiger charge is 2.40. The van der Waals surface area contributed by atoms with Crippen LogP contribution in [0.2, 0.25) is 0 Å². The van der Waals surface area contributed by atoms with Crippen molar-refractivity contribution in [1.29, 1.82) is 0 Å². The SMILES string of the molecule is CO[Si](OC)(c1ccc(C(C)C)cc1)c1ccc(C(C)C)cc1. The summed E-state index contributed by atoms with van der Waals surface area (Å²) in [6, 6.07) is 17.4. The molecule has 0 aliphatic rings. The summed E-state index contributed by atoms with van der Waals surface area (Å²) in [7, 11) is 0.894. The van der Waals surface area contributed by atoms with Gasteiger partial charge in [0.05, 0.1) is 0 Å². The molecule has 3 heteroatoms. The zero-order valence-electron chi connectivity index (χ0n) is 15.1. The minimum Gasteiger partial charge on any atom is -0.391 e. The minimum atomic E-state index is -2.61. The molecule has 2 aromatic carbocycles. The summed E-state index contributed by atoms with van der Waals surface area (Å²) in [5, 5.41) is 2.29. The van der Waals surface area contributed by atoms with Crippen LogP contribution in [0.1, 0.15) is 50.7 Å². The molecule has 0 heterocycles. The van der Waals surface area contributed by atoms with Crippen LogP contribution < -0.4 is 10.4 Å². The molecule has 0 saturated heterocycles. The monoisotopic (exact) mass is 328 g/mol. The molecule has 0 unspecified atom stereocenters. The Morgan fingerprint density at radius 2 is 0.913 bits per heavy atom. The molecule has 2 aromatic rings. The van der Waals surface area contributed by atoms with Gasteiger partial charge in [-0.05, 0) is 33.3 Å². The third kappa shape index (κ3) is 3.57. The molecular formula is C20H28O2Si. The topological polar surface area (TPSA) is 18.5 Å². The molecule has 0 aliphatic carbocycles. The van der Waals surface area contributed by atoms with Crippen LogP contribution in [0.3, 0.4) is 0 Å². The van der Waals surface area contributed by atoms with E-state index in [1.165, 1.54) is 11.1 Å².